The topological polar surface area (TPSA) is 80.2 Å². The Morgan fingerprint density at radius 3 is 2.21 bits per heavy atom. The van der Waals surface area contributed by atoms with Crippen LogP contribution in [0, 0.1) is 0 Å². The average Bonchev–Trinajstić information content (AvgIpc) is 3.40. The predicted octanol–water partition coefficient (Wildman–Crippen LogP) is 6.83. The zero-order chi connectivity index (χ0) is 29.4. The first-order chi connectivity index (χ1) is 20.5. The number of aliphatic imine (C=N–C) groups is 1. The van der Waals surface area contributed by atoms with Crippen molar-refractivity contribution in [2.75, 3.05) is 19.8 Å². The fraction of sp³-hybridized carbons (Fsp3) is 0.235. The van der Waals surface area contributed by atoms with Crippen LogP contribution in [-0.2, 0) is 22.4 Å². The van der Waals surface area contributed by atoms with Gasteiger partial charge in [0.2, 0.25) is 5.90 Å². The number of hydrogen-bond donors (Lipinski definition) is 2. The average molecular weight is 692 g/mol. The molecule has 0 fully saturated rings. The summed E-state index contributed by atoms with van der Waals surface area (Å²) in [6.07, 6.45) is 0.967. The minimum Gasteiger partial charge on any atom is -0.494 e. The van der Waals surface area contributed by atoms with Crippen molar-refractivity contribution in [3.05, 3.63) is 134 Å². The first-order valence-electron chi connectivity index (χ1n) is 13.9. The summed E-state index contributed by atoms with van der Waals surface area (Å²) in [6.45, 7) is 0.981. The number of halogens is 2. The van der Waals surface area contributed by atoms with Crippen molar-refractivity contribution < 1.29 is 19.4 Å². The molecular formula is C34H32Br2N2O4. The van der Waals surface area contributed by atoms with Crippen LogP contribution in [0.15, 0.2) is 117 Å². The second kappa shape index (κ2) is 14.1. The van der Waals surface area contributed by atoms with Crippen molar-refractivity contribution in [1.82, 2.24) is 5.32 Å². The predicted molar refractivity (Wildman–Crippen MR) is 172 cm³/mol. The molecule has 1 heterocycles. The van der Waals surface area contributed by atoms with Gasteiger partial charge in [0, 0.05) is 40.5 Å². The lowest BCUT2D eigenvalue weighted by Gasteiger charge is -2.31. The minimum absolute atomic E-state index is 0.0774. The number of aliphatic hydroxyl groups excluding tert-OH is 1. The van der Waals surface area contributed by atoms with E-state index in [0.29, 0.717) is 44.1 Å². The van der Waals surface area contributed by atoms with Gasteiger partial charge in [-0.25, -0.2) is 4.99 Å². The molecule has 1 amide bonds. The summed E-state index contributed by atoms with van der Waals surface area (Å²) in [5, 5.41) is 12.2. The fourth-order valence-corrected chi connectivity index (χ4v) is 5.48. The van der Waals surface area contributed by atoms with Gasteiger partial charge in [0.25, 0.3) is 5.91 Å². The number of nitrogens with one attached hydrogen (secondary N) is 1. The lowest BCUT2D eigenvalue weighted by Crippen LogP contribution is -2.50. The molecule has 1 aliphatic heterocycles. The molecular weight excluding hydrogens is 660 g/mol. The van der Waals surface area contributed by atoms with Gasteiger partial charge in [0.05, 0.1) is 6.61 Å². The Morgan fingerprint density at radius 1 is 0.881 bits per heavy atom. The van der Waals surface area contributed by atoms with Crippen molar-refractivity contribution in [3.8, 4) is 5.75 Å². The standard InChI is InChI=1S/C34H32Br2N2O4/c35-28-13-7-25(8-14-28)23-34(33(40)37-20-19-24-5-2-1-3-6-24)31(26-9-15-29(36)16-10-26)42-32(38-34)27-11-17-30(18-12-27)41-22-4-21-39/h1-3,5-18,31,39H,4,19-23H2,(H,37,40)/t31-,34-/m1/s1. The number of carbonyl (C=O) groups is 1. The Bertz CT molecular complexity index is 1490. The maximum atomic E-state index is 14.3. The van der Waals surface area contributed by atoms with Gasteiger partial charge in [0.15, 0.2) is 11.6 Å². The molecule has 6 nitrogen and oxygen atoms in total. The number of aliphatic hydroxyl groups is 1. The Kier molecular flexibility index (Phi) is 10.1. The van der Waals surface area contributed by atoms with Crippen molar-refractivity contribution in [3.63, 3.8) is 0 Å². The molecule has 4 aromatic carbocycles. The maximum absolute atomic E-state index is 14.3. The number of ether oxygens (including phenoxy) is 2. The number of amides is 1. The second-order valence-electron chi connectivity index (χ2n) is 10.1. The Labute approximate surface area is 263 Å². The van der Waals surface area contributed by atoms with Gasteiger partial charge in [-0.1, -0.05) is 86.5 Å². The number of rotatable bonds is 12. The summed E-state index contributed by atoms with van der Waals surface area (Å²) in [7, 11) is 0. The number of nitrogens with zero attached hydrogens (tertiary/aromatic N) is 1. The molecule has 0 saturated heterocycles. The molecule has 1 aliphatic rings. The molecule has 0 saturated carbocycles. The molecule has 2 N–H and O–H groups in total. The van der Waals surface area contributed by atoms with Crippen molar-refractivity contribution in [2.45, 2.75) is 30.9 Å². The van der Waals surface area contributed by atoms with Crippen LogP contribution in [0.2, 0.25) is 0 Å². The van der Waals surface area contributed by atoms with E-state index in [2.05, 4.69) is 49.3 Å². The summed E-state index contributed by atoms with van der Waals surface area (Å²) in [6, 6.07) is 33.4. The smallest absolute Gasteiger partial charge is 0.252 e. The van der Waals surface area contributed by atoms with E-state index in [4.69, 9.17) is 19.6 Å². The molecule has 8 heteroatoms. The summed E-state index contributed by atoms with van der Waals surface area (Å²) >= 11 is 7.05. The van der Waals surface area contributed by atoms with Gasteiger partial charge in [-0.15, -0.1) is 0 Å². The molecule has 0 unspecified atom stereocenters. The summed E-state index contributed by atoms with van der Waals surface area (Å²) in [4.78, 5) is 19.4. The molecule has 42 heavy (non-hydrogen) atoms. The molecule has 0 aromatic heterocycles. The summed E-state index contributed by atoms with van der Waals surface area (Å²) < 4.78 is 14.2. The van der Waals surface area contributed by atoms with Crippen LogP contribution in [0.4, 0.5) is 0 Å². The lowest BCUT2D eigenvalue weighted by atomic mass is 9.82. The van der Waals surface area contributed by atoms with Crippen LogP contribution in [0.1, 0.15) is 34.8 Å². The van der Waals surface area contributed by atoms with Gasteiger partial charge in [0.1, 0.15) is 5.75 Å². The third-order valence-electron chi connectivity index (χ3n) is 7.13. The van der Waals surface area contributed by atoms with Gasteiger partial charge < -0.3 is 19.9 Å². The van der Waals surface area contributed by atoms with Gasteiger partial charge >= 0.3 is 0 Å². The molecule has 5 rings (SSSR count). The van der Waals surface area contributed by atoms with E-state index in [-0.39, 0.29) is 12.5 Å². The van der Waals surface area contributed by atoms with Gasteiger partial charge in [-0.3, -0.25) is 4.79 Å². The van der Waals surface area contributed by atoms with Crippen LogP contribution in [0.3, 0.4) is 0 Å². The lowest BCUT2D eigenvalue weighted by molar-refractivity contribution is -0.128. The SMILES string of the molecule is O=C(NCCc1ccccc1)[C@]1(Cc2ccc(Br)cc2)N=C(c2ccc(OCCCO)cc2)O[C@@H]1c1ccc(Br)cc1. The van der Waals surface area contributed by atoms with Gasteiger partial charge in [-0.2, -0.15) is 0 Å². The first kappa shape index (κ1) is 30.0. The highest BCUT2D eigenvalue weighted by Crippen LogP contribution is 2.43. The monoisotopic (exact) mass is 690 g/mol. The Balaban J connectivity index is 1.51. The van der Waals surface area contributed by atoms with E-state index in [1.54, 1.807) is 0 Å². The van der Waals surface area contributed by atoms with E-state index in [1.165, 1.54) is 0 Å². The first-order valence-corrected chi connectivity index (χ1v) is 15.5. The highest BCUT2D eigenvalue weighted by Gasteiger charge is 2.53. The molecule has 216 valence electrons. The molecule has 0 aliphatic carbocycles. The Morgan fingerprint density at radius 2 is 1.55 bits per heavy atom. The number of carbonyl (C=O) groups excluding carboxylic acids is 1. The number of benzene rings is 4. The minimum atomic E-state index is -1.25. The molecule has 0 spiro atoms. The van der Waals surface area contributed by atoms with Crippen LogP contribution < -0.4 is 10.1 Å². The van der Waals surface area contributed by atoms with E-state index >= 15 is 0 Å². The fourth-order valence-electron chi connectivity index (χ4n) is 4.95. The van der Waals surface area contributed by atoms with Crippen LogP contribution in [0.25, 0.3) is 0 Å². The highest BCUT2D eigenvalue weighted by atomic mass is 79.9. The third-order valence-corrected chi connectivity index (χ3v) is 8.19. The zero-order valence-corrected chi connectivity index (χ0v) is 26.2. The van der Waals surface area contributed by atoms with Crippen molar-refractivity contribution in [2.24, 2.45) is 4.99 Å². The second-order valence-corrected chi connectivity index (χ2v) is 12.0. The van der Waals surface area contributed by atoms with E-state index < -0.39 is 11.6 Å². The summed E-state index contributed by atoms with van der Waals surface area (Å²) in [5.41, 5.74) is 2.49. The third kappa shape index (κ3) is 7.30. The number of hydrogen-bond acceptors (Lipinski definition) is 5. The van der Waals surface area contributed by atoms with Gasteiger partial charge in [-0.05, 0) is 71.6 Å². The largest absolute Gasteiger partial charge is 0.494 e. The van der Waals surface area contributed by atoms with Crippen molar-refractivity contribution >= 4 is 43.7 Å². The van der Waals surface area contributed by atoms with Crippen LogP contribution in [-0.4, -0.2) is 42.2 Å². The molecule has 0 radical (unpaired) electrons. The van der Waals surface area contributed by atoms with Crippen LogP contribution in [0.5, 0.6) is 5.75 Å². The molecule has 0 bridgehead atoms. The summed E-state index contributed by atoms with van der Waals surface area (Å²) in [5.74, 6) is 0.906. The van der Waals surface area contributed by atoms with E-state index in [0.717, 1.165) is 31.2 Å². The highest BCUT2D eigenvalue weighted by molar-refractivity contribution is 9.10. The maximum Gasteiger partial charge on any atom is 0.252 e. The van der Waals surface area contributed by atoms with Crippen molar-refractivity contribution in [1.29, 1.82) is 0 Å². The van der Waals surface area contributed by atoms with E-state index in [9.17, 15) is 4.79 Å². The zero-order valence-electron chi connectivity index (χ0n) is 23.0. The van der Waals surface area contributed by atoms with E-state index in [1.807, 2.05) is 91.0 Å². The molecule has 4 aromatic rings. The quantitative estimate of drug-likeness (QED) is 0.160. The molecule has 2 atom stereocenters. The Hall–Kier alpha value is -3.46. The van der Waals surface area contributed by atoms with Crippen LogP contribution >= 0.6 is 31.9 Å². The normalized spacial score (nSPS) is 17.8.